The number of allylic oxidation sites excluding steroid dienone is 1. The highest BCUT2D eigenvalue weighted by Crippen LogP contribution is 2.37. The monoisotopic (exact) mass is 530 g/mol. The molecule has 0 radical (unpaired) electrons. The second-order valence-corrected chi connectivity index (χ2v) is 15.5. The van der Waals surface area contributed by atoms with Gasteiger partial charge in [-0.2, -0.15) is 0 Å². The van der Waals surface area contributed by atoms with Crippen molar-refractivity contribution in [2.75, 3.05) is 20.5 Å². The van der Waals surface area contributed by atoms with Crippen LogP contribution in [0.4, 0.5) is 0 Å². The van der Waals surface area contributed by atoms with E-state index in [-0.39, 0.29) is 11.8 Å². The summed E-state index contributed by atoms with van der Waals surface area (Å²) in [6.45, 7) is 14.0. The minimum atomic E-state index is -2.09. The third-order valence-electron chi connectivity index (χ3n) is 6.81. The molecule has 37 heavy (non-hydrogen) atoms. The Morgan fingerprint density at radius 3 is 1.89 bits per heavy atom. The predicted octanol–water partition coefficient (Wildman–Crippen LogP) is 6.11. The zero-order valence-corrected chi connectivity index (χ0v) is 24.6. The average molecular weight is 531 g/mol. The molecule has 0 aliphatic rings. The molecule has 0 fully saturated rings. The number of rotatable bonds is 16. The number of methoxy groups -OCH3 is 1. The largest absolute Gasteiger partial charge is 0.414 e. The summed E-state index contributed by atoms with van der Waals surface area (Å²) in [7, 11) is -0.532. The van der Waals surface area contributed by atoms with Gasteiger partial charge in [0.2, 0.25) is 0 Å². The Bertz CT molecular complexity index is 897. The van der Waals surface area contributed by atoms with Crippen LogP contribution in [0.1, 0.15) is 38.8 Å². The maximum Gasteiger partial charge on any atom is 0.192 e. The number of hydrogen-bond acceptors (Lipinski definition) is 6. The molecular weight excluding hydrogens is 484 g/mol. The Balaban J connectivity index is 2.36. The van der Waals surface area contributed by atoms with E-state index >= 15 is 0 Å². The third-order valence-corrected chi connectivity index (χ3v) is 11.3. The van der Waals surface area contributed by atoms with Crippen LogP contribution in [0.5, 0.6) is 0 Å². The van der Waals surface area contributed by atoms with Crippen molar-refractivity contribution in [3.8, 4) is 0 Å². The fraction of sp³-hybridized carbons (Fsp3) is 0.533. The van der Waals surface area contributed by atoms with Crippen LogP contribution in [0, 0.1) is 0 Å². The van der Waals surface area contributed by atoms with Gasteiger partial charge in [-0.05, 0) is 36.2 Å². The molecule has 0 aromatic heterocycles. The van der Waals surface area contributed by atoms with Crippen LogP contribution in [0.15, 0.2) is 72.8 Å². The van der Waals surface area contributed by atoms with E-state index in [9.17, 15) is 5.11 Å². The predicted molar refractivity (Wildman–Crippen MR) is 151 cm³/mol. The second kappa shape index (κ2) is 15.5. The summed E-state index contributed by atoms with van der Waals surface area (Å²) in [6.07, 6.45) is 0.758. The summed E-state index contributed by atoms with van der Waals surface area (Å²) in [6, 6.07) is 19.9. The van der Waals surface area contributed by atoms with E-state index in [1.807, 2.05) is 79.7 Å². The van der Waals surface area contributed by atoms with Gasteiger partial charge in [0.1, 0.15) is 31.2 Å². The summed E-state index contributed by atoms with van der Waals surface area (Å²) in [5.74, 6) is 0. The lowest BCUT2D eigenvalue weighted by Crippen LogP contribution is -2.51. The van der Waals surface area contributed by atoms with Crippen molar-refractivity contribution in [3.05, 3.63) is 83.9 Å². The van der Waals surface area contributed by atoms with Gasteiger partial charge in [0.25, 0.3) is 0 Å². The van der Waals surface area contributed by atoms with E-state index in [2.05, 4.69) is 33.9 Å². The van der Waals surface area contributed by atoms with Crippen molar-refractivity contribution in [2.24, 2.45) is 0 Å². The van der Waals surface area contributed by atoms with Crippen LogP contribution < -0.4 is 0 Å². The molecule has 0 unspecified atom stereocenters. The molecule has 6 nitrogen and oxygen atoms in total. The van der Waals surface area contributed by atoms with Crippen LogP contribution in [-0.2, 0) is 36.6 Å². The Labute approximate surface area is 224 Å². The lowest BCUT2D eigenvalue weighted by atomic mass is 10.0. The minimum absolute atomic E-state index is 0.0328. The fourth-order valence-corrected chi connectivity index (χ4v) is 4.52. The third kappa shape index (κ3) is 10.4. The molecule has 2 rings (SSSR count). The Morgan fingerprint density at radius 1 is 0.865 bits per heavy atom. The van der Waals surface area contributed by atoms with E-state index in [1.165, 1.54) is 0 Å². The van der Waals surface area contributed by atoms with Gasteiger partial charge in [-0.1, -0.05) is 93.6 Å². The molecular formula is C30H46O6Si. The van der Waals surface area contributed by atoms with Crippen molar-refractivity contribution < 1.29 is 28.5 Å². The normalized spacial score (nSPS) is 16.0. The number of aliphatic hydroxyl groups excluding tert-OH is 1. The van der Waals surface area contributed by atoms with E-state index in [0.29, 0.717) is 19.8 Å². The molecule has 0 bridgehead atoms. The van der Waals surface area contributed by atoms with E-state index in [0.717, 1.165) is 11.1 Å². The molecule has 7 heteroatoms. The molecule has 0 heterocycles. The summed E-state index contributed by atoms with van der Waals surface area (Å²) >= 11 is 0. The van der Waals surface area contributed by atoms with Gasteiger partial charge in [-0.25, -0.2) is 0 Å². The summed E-state index contributed by atoms with van der Waals surface area (Å²) in [5, 5.41) is 11.6. The Kier molecular flexibility index (Phi) is 13.2. The number of aliphatic hydroxyl groups is 1. The van der Waals surface area contributed by atoms with Crippen LogP contribution in [0.25, 0.3) is 0 Å². The van der Waals surface area contributed by atoms with Crippen LogP contribution in [0.2, 0.25) is 18.1 Å². The van der Waals surface area contributed by atoms with Crippen LogP contribution in [0.3, 0.4) is 0 Å². The number of benzene rings is 2. The summed E-state index contributed by atoms with van der Waals surface area (Å²) in [5.41, 5.74) is 2.05. The standard InChI is InChI=1S/C30H46O6Si/c1-8-15-26(35-23-32-5)28(31)29(34-21-25-18-13-10-14-19-25)27(22-36-37(6,7)30(2,3)4)33-20-24-16-11-9-12-17-24/h8-19,26-29,31H,20-23H2,1-7H3/b15-8+/t26-,27-,28+,29-/m0/s1. The van der Waals surface area contributed by atoms with Gasteiger partial charge in [0.05, 0.1) is 19.8 Å². The number of ether oxygens (including phenoxy) is 4. The molecule has 206 valence electrons. The van der Waals surface area contributed by atoms with Crippen LogP contribution in [-0.4, -0.2) is 58.3 Å². The molecule has 0 aliphatic carbocycles. The SMILES string of the molecule is C/C=C/[C@H](OCOC)[C@@H](O)[C@@H](OCc1ccccc1)[C@H](CO[Si](C)(C)C(C)(C)C)OCc1ccccc1. The summed E-state index contributed by atoms with van der Waals surface area (Å²) < 4.78 is 30.4. The molecule has 4 atom stereocenters. The van der Waals surface area contributed by atoms with Crippen molar-refractivity contribution in [1.82, 2.24) is 0 Å². The first kappa shape index (κ1) is 31.4. The number of hydrogen-bond donors (Lipinski definition) is 1. The second-order valence-electron chi connectivity index (χ2n) is 10.7. The maximum atomic E-state index is 11.6. The smallest absolute Gasteiger partial charge is 0.192 e. The van der Waals surface area contributed by atoms with Crippen molar-refractivity contribution >= 4 is 8.32 Å². The molecule has 2 aromatic carbocycles. The zero-order valence-electron chi connectivity index (χ0n) is 23.6. The lowest BCUT2D eigenvalue weighted by Gasteiger charge is -2.39. The van der Waals surface area contributed by atoms with Crippen molar-refractivity contribution in [1.29, 1.82) is 0 Å². The molecule has 0 amide bonds. The van der Waals surface area contributed by atoms with Crippen molar-refractivity contribution in [2.45, 2.75) is 83.5 Å². The fourth-order valence-electron chi connectivity index (χ4n) is 3.51. The van der Waals surface area contributed by atoms with Gasteiger partial charge in [-0.15, -0.1) is 0 Å². The van der Waals surface area contributed by atoms with Gasteiger partial charge >= 0.3 is 0 Å². The highest BCUT2D eigenvalue weighted by atomic mass is 28.4. The zero-order chi connectivity index (χ0) is 27.3. The maximum absolute atomic E-state index is 11.6. The lowest BCUT2D eigenvalue weighted by molar-refractivity contribution is -0.178. The van der Waals surface area contributed by atoms with E-state index in [1.54, 1.807) is 7.11 Å². The molecule has 0 aliphatic heterocycles. The highest BCUT2D eigenvalue weighted by molar-refractivity contribution is 6.74. The highest BCUT2D eigenvalue weighted by Gasteiger charge is 2.41. The topological polar surface area (TPSA) is 66.4 Å². The first-order valence-corrected chi connectivity index (χ1v) is 15.9. The van der Waals surface area contributed by atoms with Gasteiger partial charge < -0.3 is 28.5 Å². The molecule has 1 N–H and O–H groups in total. The molecule has 0 saturated carbocycles. The van der Waals surface area contributed by atoms with E-state index < -0.39 is 32.7 Å². The first-order chi connectivity index (χ1) is 17.6. The van der Waals surface area contributed by atoms with Gasteiger partial charge in [0, 0.05) is 7.11 Å². The Hall–Kier alpha value is -1.84. The van der Waals surface area contributed by atoms with Crippen LogP contribution >= 0.6 is 0 Å². The van der Waals surface area contributed by atoms with Crippen molar-refractivity contribution in [3.63, 3.8) is 0 Å². The molecule has 0 spiro atoms. The van der Waals surface area contributed by atoms with Gasteiger partial charge in [0.15, 0.2) is 8.32 Å². The average Bonchev–Trinajstić information content (AvgIpc) is 2.88. The van der Waals surface area contributed by atoms with Gasteiger partial charge in [-0.3, -0.25) is 0 Å². The first-order valence-electron chi connectivity index (χ1n) is 13.0. The molecule has 2 aromatic rings. The minimum Gasteiger partial charge on any atom is -0.414 e. The Morgan fingerprint density at radius 2 is 1.41 bits per heavy atom. The summed E-state index contributed by atoms with van der Waals surface area (Å²) in [4.78, 5) is 0. The quantitative estimate of drug-likeness (QED) is 0.161. The molecule has 0 saturated heterocycles. The van der Waals surface area contributed by atoms with E-state index in [4.69, 9.17) is 23.4 Å².